The molecule has 0 heterocycles. The maximum atomic E-state index is 12.8. The van der Waals surface area contributed by atoms with E-state index >= 15 is 0 Å². The van der Waals surface area contributed by atoms with Gasteiger partial charge in [0, 0.05) is 12.2 Å². The maximum absolute atomic E-state index is 12.8. The molecule has 10 heteroatoms. The number of alkyl halides is 5. The lowest BCUT2D eigenvalue weighted by Gasteiger charge is -2.24. The van der Waals surface area contributed by atoms with Gasteiger partial charge in [-0.15, -0.1) is 0 Å². The molecule has 1 atom stereocenters. The van der Waals surface area contributed by atoms with Crippen molar-refractivity contribution in [1.29, 1.82) is 0 Å². The van der Waals surface area contributed by atoms with Gasteiger partial charge in [0.05, 0.1) is 6.42 Å². The van der Waals surface area contributed by atoms with Gasteiger partial charge in [0.2, 0.25) is 11.8 Å². The zero-order chi connectivity index (χ0) is 19.3. The number of aliphatic hydroxyl groups is 1. The lowest BCUT2D eigenvalue weighted by molar-refractivity contribution is -0.311. The average Bonchev–Trinajstić information content (AvgIpc) is 2.53. The Hall–Kier alpha value is -2.49. The standard InChI is InChI=1S/C15H15F5N2O3/c1-2-12(24)22-10-5-3-9(4-6-10)7-13(25)21-8-11(23)14(16,17)15(18,19)20/h2-6,11,23H,1,7-8H2,(H,21,25)(H,22,24). The number of aliphatic hydroxyl groups excluding tert-OH is 1. The number of hydrogen-bond acceptors (Lipinski definition) is 3. The summed E-state index contributed by atoms with van der Waals surface area (Å²) in [7, 11) is 0. The molecule has 0 spiro atoms. The molecule has 0 aliphatic rings. The first-order chi connectivity index (χ1) is 11.5. The fourth-order valence-corrected chi connectivity index (χ4v) is 1.67. The second kappa shape index (κ2) is 8.06. The molecule has 1 unspecified atom stereocenters. The fourth-order valence-electron chi connectivity index (χ4n) is 1.67. The lowest BCUT2D eigenvalue weighted by atomic mass is 10.1. The van der Waals surface area contributed by atoms with Crippen LogP contribution in [0.3, 0.4) is 0 Å². The number of benzene rings is 1. The Morgan fingerprint density at radius 2 is 1.72 bits per heavy atom. The first-order valence-corrected chi connectivity index (χ1v) is 6.89. The van der Waals surface area contributed by atoms with Crippen LogP contribution >= 0.6 is 0 Å². The van der Waals surface area contributed by atoms with E-state index in [1.165, 1.54) is 24.3 Å². The highest BCUT2D eigenvalue weighted by Crippen LogP contribution is 2.37. The number of rotatable bonds is 7. The van der Waals surface area contributed by atoms with Crippen molar-refractivity contribution in [3.8, 4) is 0 Å². The summed E-state index contributed by atoms with van der Waals surface area (Å²) in [5, 5.41) is 13.2. The number of halogens is 5. The second-order valence-corrected chi connectivity index (χ2v) is 5.01. The zero-order valence-corrected chi connectivity index (χ0v) is 12.7. The van der Waals surface area contributed by atoms with Crippen molar-refractivity contribution in [1.82, 2.24) is 5.32 Å². The third-order valence-corrected chi connectivity index (χ3v) is 3.06. The van der Waals surface area contributed by atoms with E-state index in [0.717, 1.165) is 6.08 Å². The van der Waals surface area contributed by atoms with Gasteiger partial charge >= 0.3 is 12.1 Å². The largest absolute Gasteiger partial charge is 0.456 e. The fraction of sp³-hybridized carbons (Fsp3) is 0.333. The number of anilines is 1. The highest BCUT2D eigenvalue weighted by Gasteiger charge is 2.62. The Morgan fingerprint density at radius 3 is 2.20 bits per heavy atom. The first kappa shape index (κ1) is 20.6. The maximum Gasteiger partial charge on any atom is 0.456 e. The van der Waals surface area contributed by atoms with Gasteiger partial charge in [-0.2, -0.15) is 22.0 Å². The van der Waals surface area contributed by atoms with E-state index in [4.69, 9.17) is 5.11 Å². The predicted octanol–water partition coefficient (Wildman–Crippen LogP) is 2.03. The van der Waals surface area contributed by atoms with Gasteiger partial charge in [-0.3, -0.25) is 9.59 Å². The summed E-state index contributed by atoms with van der Waals surface area (Å²) in [6.45, 7) is 2.02. The average molecular weight is 366 g/mol. The van der Waals surface area contributed by atoms with Crippen LogP contribution < -0.4 is 10.6 Å². The van der Waals surface area contributed by atoms with E-state index < -0.39 is 36.6 Å². The molecule has 2 amide bonds. The molecule has 138 valence electrons. The van der Waals surface area contributed by atoms with Crippen molar-refractivity contribution in [3.63, 3.8) is 0 Å². The van der Waals surface area contributed by atoms with E-state index in [-0.39, 0.29) is 6.42 Å². The molecule has 0 aliphatic carbocycles. The summed E-state index contributed by atoms with van der Waals surface area (Å²) < 4.78 is 61.8. The van der Waals surface area contributed by atoms with Crippen LogP contribution in [0.4, 0.5) is 27.6 Å². The van der Waals surface area contributed by atoms with Crippen molar-refractivity contribution in [2.24, 2.45) is 0 Å². The van der Waals surface area contributed by atoms with Crippen molar-refractivity contribution in [2.75, 3.05) is 11.9 Å². The summed E-state index contributed by atoms with van der Waals surface area (Å²) in [5.74, 6) is -6.62. The molecule has 0 fully saturated rings. The Labute approximate surface area is 139 Å². The Morgan fingerprint density at radius 1 is 1.16 bits per heavy atom. The summed E-state index contributed by atoms with van der Waals surface area (Å²) in [4.78, 5) is 22.7. The second-order valence-electron chi connectivity index (χ2n) is 5.01. The zero-order valence-electron chi connectivity index (χ0n) is 12.7. The van der Waals surface area contributed by atoms with E-state index in [0.29, 0.717) is 11.3 Å². The monoisotopic (exact) mass is 366 g/mol. The van der Waals surface area contributed by atoms with Crippen LogP contribution in [0.5, 0.6) is 0 Å². The summed E-state index contributed by atoms with van der Waals surface area (Å²) in [6, 6.07) is 5.85. The van der Waals surface area contributed by atoms with Gasteiger partial charge in [-0.1, -0.05) is 18.7 Å². The summed E-state index contributed by atoms with van der Waals surface area (Å²) >= 11 is 0. The molecule has 1 aromatic carbocycles. The third kappa shape index (κ3) is 5.82. The molecule has 3 N–H and O–H groups in total. The van der Waals surface area contributed by atoms with E-state index in [2.05, 4.69) is 11.9 Å². The van der Waals surface area contributed by atoms with Crippen LogP contribution in [0.1, 0.15) is 5.56 Å². The first-order valence-electron chi connectivity index (χ1n) is 6.89. The minimum atomic E-state index is -5.91. The van der Waals surface area contributed by atoms with E-state index in [9.17, 15) is 31.5 Å². The molecule has 0 radical (unpaired) electrons. The van der Waals surface area contributed by atoms with Crippen LogP contribution in [-0.2, 0) is 16.0 Å². The van der Waals surface area contributed by atoms with Gasteiger partial charge in [-0.05, 0) is 23.8 Å². The smallest absolute Gasteiger partial charge is 0.385 e. The number of nitrogens with one attached hydrogen (secondary N) is 2. The number of carbonyl (C=O) groups is 2. The minimum absolute atomic E-state index is 0.306. The van der Waals surface area contributed by atoms with Gasteiger partial charge < -0.3 is 15.7 Å². The molecule has 0 saturated heterocycles. The molecule has 0 aliphatic heterocycles. The molecular weight excluding hydrogens is 351 g/mol. The Kier molecular flexibility index (Phi) is 6.63. The highest BCUT2D eigenvalue weighted by atomic mass is 19.4. The predicted molar refractivity (Wildman–Crippen MR) is 79.0 cm³/mol. The Balaban J connectivity index is 2.54. The van der Waals surface area contributed by atoms with Crippen molar-refractivity contribution in [2.45, 2.75) is 24.6 Å². The minimum Gasteiger partial charge on any atom is -0.385 e. The number of amides is 2. The highest BCUT2D eigenvalue weighted by molar-refractivity contribution is 5.98. The number of hydrogen-bond donors (Lipinski definition) is 3. The third-order valence-electron chi connectivity index (χ3n) is 3.06. The summed E-state index contributed by atoms with van der Waals surface area (Å²) in [5.41, 5.74) is 0.848. The molecule has 0 aromatic heterocycles. The molecule has 5 nitrogen and oxygen atoms in total. The number of carbonyl (C=O) groups excluding carboxylic acids is 2. The topological polar surface area (TPSA) is 78.4 Å². The van der Waals surface area contributed by atoms with Crippen LogP contribution in [-0.4, -0.2) is 41.7 Å². The molecule has 0 saturated carbocycles. The quantitative estimate of drug-likeness (QED) is 0.510. The normalized spacial score (nSPS) is 13.0. The molecule has 25 heavy (non-hydrogen) atoms. The molecule has 1 rings (SSSR count). The van der Waals surface area contributed by atoms with Crippen LogP contribution in [0, 0.1) is 0 Å². The van der Waals surface area contributed by atoms with Gasteiger partial charge in [-0.25, -0.2) is 0 Å². The molecule has 0 bridgehead atoms. The van der Waals surface area contributed by atoms with Crippen molar-refractivity contribution >= 4 is 17.5 Å². The molecule has 1 aromatic rings. The van der Waals surface area contributed by atoms with E-state index in [1.807, 2.05) is 5.32 Å². The summed E-state index contributed by atoms with van der Waals surface area (Å²) in [6.07, 6.45) is -8.25. The van der Waals surface area contributed by atoms with Gasteiger partial charge in [0.25, 0.3) is 0 Å². The van der Waals surface area contributed by atoms with Crippen molar-refractivity contribution in [3.05, 3.63) is 42.5 Å². The van der Waals surface area contributed by atoms with Crippen LogP contribution in [0.15, 0.2) is 36.9 Å². The van der Waals surface area contributed by atoms with Crippen LogP contribution in [0.2, 0.25) is 0 Å². The van der Waals surface area contributed by atoms with Crippen molar-refractivity contribution < 1.29 is 36.6 Å². The van der Waals surface area contributed by atoms with Gasteiger partial charge in [0.15, 0.2) is 0 Å². The lowest BCUT2D eigenvalue weighted by Crippen LogP contribution is -2.52. The SMILES string of the molecule is C=CC(=O)Nc1ccc(CC(=O)NCC(O)C(F)(F)C(F)(F)F)cc1. The van der Waals surface area contributed by atoms with Gasteiger partial charge in [0.1, 0.15) is 6.10 Å². The molecular formula is C15H15F5N2O3. The Bertz CT molecular complexity index is 629. The van der Waals surface area contributed by atoms with E-state index in [1.54, 1.807) is 0 Å². The van der Waals surface area contributed by atoms with Crippen LogP contribution in [0.25, 0.3) is 0 Å².